The molecule has 0 unspecified atom stereocenters. The highest BCUT2D eigenvalue weighted by atomic mass is 16.6. The molecule has 2 aromatic heterocycles. The molecule has 20 heavy (non-hydrogen) atoms. The van der Waals surface area contributed by atoms with Gasteiger partial charge in [-0.3, -0.25) is 10.1 Å². The Labute approximate surface area is 115 Å². The van der Waals surface area contributed by atoms with Gasteiger partial charge in [0.1, 0.15) is 12.0 Å². The van der Waals surface area contributed by atoms with Gasteiger partial charge in [0.15, 0.2) is 5.82 Å². The fourth-order valence-corrected chi connectivity index (χ4v) is 1.50. The highest BCUT2D eigenvalue weighted by Gasteiger charge is 2.09. The van der Waals surface area contributed by atoms with E-state index in [1.165, 1.54) is 12.3 Å². The zero-order valence-electron chi connectivity index (χ0n) is 11.2. The molecule has 0 bridgehead atoms. The van der Waals surface area contributed by atoms with Crippen LogP contribution in [0.4, 0.5) is 11.5 Å². The van der Waals surface area contributed by atoms with Crippen LogP contribution in [-0.2, 0) is 6.42 Å². The predicted octanol–water partition coefficient (Wildman–Crippen LogP) is 2.15. The third kappa shape index (κ3) is 3.50. The van der Waals surface area contributed by atoms with Crippen molar-refractivity contribution in [3.63, 3.8) is 0 Å². The second-order valence-electron chi connectivity index (χ2n) is 4.54. The summed E-state index contributed by atoms with van der Waals surface area (Å²) in [5.41, 5.74) is -0.0333. The standard InChI is InChI=1S/C12H15N5O3/c1-8(2)12-15-11(20-16-12)5-6-13-10-4-3-9(7-14-10)17(18)19/h3-4,7-8H,5-6H2,1-2H3,(H,13,14). The predicted molar refractivity (Wildman–Crippen MR) is 71.5 cm³/mol. The van der Waals surface area contributed by atoms with Gasteiger partial charge in [-0.1, -0.05) is 19.0 Å². The molecule has 0 aliphatic carbocycles. The van der Waals surface area contributed by atoms with Gasteiger partial charge in [-0.15, -0.1) is 0 Å². The number of nitrogens with one attached hydrogen (secondary N) is 1. The molecule has 0 aliphatic heterocycles. The van der Waals surface area contributed by atoms with Crippen LogP contribution < -0.4 is 5.32 Å². The Balaban J connectivity index is 1.84. The molecule has 0 saturated heterocycles. The second kappa shape index (κ2) is 6.09. The average molecular weight is 277 g/mol. The molecule has 8 heteroatoms. The van der Waals surface area contributed by atoms with Gasteiger partial charge in [0, 0.05) is 24.9 Å². The van der Waals surface area contributed by atoms with E-state index in [0.29, 0.717) is 30.5 Å². The highest BCUT2D eigenvalue weighted by molar-refractivity contribution is 5.40. The molecule has 0 spiro atoms. The summed E-state index contributed by atoms with van der Waals surface area (Å²) >= 11 is 0. The number of nitrogens with zero attached hydrogens (tertiary/aromatic N) is 4. The van der Waals surface area contributed by atoms with Gasteiger partial charge in [0.05, 0.1) is 4.92 Å². The Hall–Kier alpha value is -2.51. The van der Waals surface area contributed by atoms with Crippen molar-refractivity contribution in [1.82, 2.24) is 15.1 Å². The highest BCUT2D eigenvalue weighted by Crippen LogP contribution is 2.12. The monoisotopic (exact) mass is 277 g/mol. The third-order valence-electron chi connectivity index (χ3n) is 2.60. The lowest BCUT2D eigenvalue weighted by Crippen LogP contribution is -2.06. The van der Waals surface area contributed by atoms with E-state index in [0.717, 1.165) is 0 Å². The van der Waals surface area contributed by atoms with Crippen molar-refractivity contribution in [2.75, 3.05) is 11.9 Å². The van der Waals surface area contributed by atoms with Crippen LogP contribution in [0.25, 0.3) is 0 Å². The first kappa shape index (κ1) is 13.9. The number of rotatable bonds is 6. The first-order chi connectivity index (χ1) is 9.56. The van der Waals surface area contributed by atoms with Crippen LogP contribution in [0.1, 0.15) is 31.5 Å². The van der Waals surface area contributed by atoms with Crippen molar-refractivity contribution in [1.29, 1.82) is 0 Å². The minimum absolute atomic E-state index is 0.0333. The Kier molecular flexibility index (Phi) is 4.24. The molecular formula is C12H15N5O3. The fourth-order valence-electron chi connectivity index (χ4n) is 1.50. The Morgan fingerprint density at radius 3 is 2.80 bits per heavy atom. The summed E-state index contributed by atoms with van der Waals surface area (Å²) in [6.45, 7) is 4.55. The maximum atomic E-state index is 10.5. The molecule has 0 radical (unpaired) electrons. The van der Waals surface area contributed by atoms with E-state index in [9.17, 15) is 10.1 Å². The lowest BCUT2D eigenvalue weighted by atomic mass is 10.2. The summed E-state index contributed by atoms with van der Waals surface area (Å²) < 4.78 is 5.10. The molecular weight excluding hydrogens is 262 g/mol. The molecule has 1 N–H and O–H groups in total. The number of pyridine rings is 1. The number of aromatic nitrogens is 3. The van der Waals surface area contributed by atoms with Crippen LogP contribution in [0, 0.1) is 10.1 Å². The second-order valence-corrected chi connectivity index (χ2v) is 4.54. The van der Waals surface area contributed by atoms with Crippen LogP contribution >= 0.6 is 0 Å². The van der Waals surface area contributed by atoms with Gasteiger partial charge in [0.25, 0.3) is 5.69 Å². The van der Waals surface area contributed by atoms with Crippen molar-refractivity contribution < 1.29 is 9.45 Å². The third-order valence-corrected chi connectivity index (χ3v) is 2.60. The first-order valence-electron chi connectivity index (χ1n) is 6.23. The quantitative estimate of drug-likeness (QED) is 0.636. The fraction of sp³-hybridized carbons (Fsp3) is 0.417. The molecule has 0 aliphatic rings. The Bertz CT molecular complexity index is 579. The molecule has 0 amide bonds. The number of hydrogen-bond donors (Lipinski definition) is 1. The van der Waals surface area contributed by atoms with Crippen LogP contribution in [0.2, 0.25) is 0 Å². The molecule has 0 fully saturated rings. The largest absolute Gasteiger partial charge is 0.370 e. The van der Waals surface area contributed by atoms with Gasteiger partial charge in [-0.2, -0.15) is 4.98 Å². The van der Waals surface area contributed by atoms with Crippen molar-refractivity contribution in [3.8, 4) is 0 Å². The van der Waals surface area contributed by atoms with E-state index in [-0.39, 0.29) is 11.6 Å². The van der Waals surface area contributed by atoms with Crippen molar-refractivity contribution in [2.24, 2.45) is 0 Å². The maximum absolute atomic E-state index is 10.5. The van der Waals surface area contributed by atoms with Crippen LogP contribution in [-0.4, -0.2) is 26.6 Å². The van der Waals surface area contributed by atoms with E-state index >= 15 is 0 Å². The molecule has 0 atom stereocenters. The van der Waals surface area contributed by atoms with E-state index in [1.54, 1.807) is 6.07 Å². The topological polar surface area (TPSA) is 107 Å². The smallest absolute Gasteiger partial charge is 0.287 e. The normalized spacial score (nSPS) is 10.8. The summed E-state index contributed by atoms with van der Waals surface area (Å²) in [4.78, 5) is 18.2. The Morgan fingerprint density at radius 1 is 1.45 bits per heavy atom. The minimum Gasteiger partial charge on any atom is -0.370 e. The van der Waals surface area contributed by atoms with Crippen LogP contribution in [0.3, 0.4) is 0 Å². The van der Waals surface area contributed by atoms with Crippen molar-refractivity contribution in [3.05, 3.63) is 40.2 Å². The lowest BCUT2D eigenvalue weighted by Gasteiger charge is -2.02. The lowest BCUT2D eigenvalue weighted by molar-refractivity contribution is -0.385. The summed E-state index contributed by atoms with van der Waals surface area (Å²) in [7, 11) is 0. The molecule has 0 aromatic carbocycles. The summed E-state index contributed by atoms with van der Waals surface area (Å²) in [6.07, 6.45) is 1.78. The number of nitro groups is 1. The van der Waals surface area contributed by atoms with Gasteiger partial charge >= 0.3 is 0 Å². The minimum atomic E-state index is -0.483. The zero-order valence-corrected chi connectivity index (χ0v) is 11.2. The first-order valence-corrected chi connectivity index (χ1v) is 6.23. The average Bonchev–Trinajstić information content (AvgIpc) is 2.88. The SMILES string of the molecule is CC(C)c1noc(CCNc2ccc([N+](=O)[O-])cn2)n1. The van der Waals surface area contributed by atoms with Crippen LogP contribution in [0.15, 0.2) is 22.9 Å². The number of anilines is 1. The molecule has 2 rings (SSSR count). The molecule has 106 valence electrons. The molecule has 2 aromatic rings. The van der Waals surface area contributed by atoms with E-state index in [2.05, 4.69) is 20.4 Å². The van der Waals surface area contributed by atoms with Gasteiger partial charge in [-0.05, 0) is 6.07 Å². The van der Waals surface area contributed by atoms with Crippen molar-refractivity contribution >= 4 is 11.5 Å². The molecule has 2 heterocycles. The van der Waals surface area contributed by atoms with E-state index in [1.807, 2.05) is 13.8 Å². The van der Waals surface area contributed by atoms with Gasteiger partial charge in [0.2, 0.25) is 5.89 Å². The molecule has 8 nitrogen and oxygen atoms in total. The summed E-state index contributed by atoms with van der Waals surface area (Å²) in [5, 5.41) is 17.4. The van der Waals surface area contributed by atoms with E-state index < -0.39 is 4.92 Å². The number of hydrogen-bond acceptors (Lipinski definition) is 7. The van der Waals surface area contributed by atoms with Crippen LogP contribution in [0.5, 0.6) is 0 Å². The van der Waals surface area contributed by atoms with E-state index in [4.69, 9.17) is 4.52 Å². The summed E-state index contributed by atoms with van der Waals surface area (Å²) in [6, 6.07) is 2.96. The summed E-state index contributed by atoms with van der Waals surface area (Å²) in [5.74, 6) is 2.05. The van der Waals surface area contributed by atoms with Gasteiger partial charge in [-0.25, -0.2) is 4.98 Å². The molecule has 0 saturated carbocycles. The Morgan fingerprint density at radius 2 is 2.25 bits per heavy atom. The van der Waals surface area contributed by atoms with Crippen molar-refractivity contribution in [2.45, 2.75) is 26.2 Å². The maximum Gasteiger partial charge on any atom is 0.287 e. The zero-order chi connectivity index (χ0) is 14.5. The van der Waals surface area contributed by atoms with Gasteiger partial charge < -0.3 is 9.84 Å².